The van der Waals surface area contributed by atoms with Crippen LogP contribution in [0.1, 0.15) is 6.92 Å². The number of rotatable bonds is 3. The van der Waals surface area contributed by atoms with Crippen LogP contribution in [-0.2, 0) is 4.79 Å². The first-order chi connectivity index (χ1) is 8.72. The summed E-state index contributed by atoms with van der Waals surface area (Å²) in [6, 6.07) is 9.67. The minimum atomic E-state index is -0.407. The molecule has 0 saturated heterocycles. The number of nitrogens with two attached hydrogens (primary N) is 1. The number of hydrogen-bond donors (Lipinski definition) is 1. The molecular weight excluding hydrogens is 246 g/mol. The molecule has 1 aromatic rings. The van der Waals surface area contributed by atoms with Crippen LogP contribution in [0, 0.1) is 5.92 Å². The third-order valence-electron chi connectivity index (χ3n) is 2.52. The first-order valence-corrected chi connectivity index (χ1v) is 6.74. The molecule has 0 aromatic heterocycles. The van der Waals surface area contributed by atoms with E-state index in [2.05, 4.69) is 5.10 Å². The summed E-state index contributed by atoms with van der Waals surface area (Å²) in [7, 11) is 0. The van der Waals surface area contributed by atoms with E-state index in [0.717, 1.165) is 11.4 Å². The van der Waals surface area contributed by atoms with E-state index in [1.165, 1.54) is 11.8 Å². The highest BCUT2D eigenvalue weighted by Gasteiger charge is 2.23. The van der Waals surface area contributed by atoms with Crippen molar-refractivity contribution in [3.8, 4) is 0 Å². The molecule has 2 rings (SSSR count). The van der Waals surface area contributed by atoms with Gasteiger partial charge < -0.3 is 5.73 Å². The van der Waals surface area contributed by atoms with Gasteiger partial charge in [-0.2, -0.15) is 5.10 Å². The minimum Gasteiger partial charge on any atom is -0.385 e. The monoisotopic (exact) mass is 261 g/mol. The van der Waals surface area contributed by atoms with E-state index in [1.807, 2.05) is 37.3 Å². The molecule has 0 amide bonds. The third-order valence-corrected chi connectivity index (χ3v) is 3.35. The van der Waals surface area contributed by atoms with E-state index in [-0.39, 0.29) is 5.12 Å². The van der Waals surface area contributed by atoms with Crippen molar-refractivity contribution in [1.82, 2.24) is 0 Å². The third kappa shape index (κ3) is 2.73. The number of para-hydroxylation sites is 1. The van der Waals surface area contributed by atoms with Gasteiger partial charge in [-0.3, -0.25) is 4.79 Å². The van der Waals surface area contributed by atoms with Crippen molar-refractivity contribution in [3.63, 3.8) is 0 Å². The summed E-state index contributed by atoms with van der Waals surface area (Å²) in [6.07, 6.45) is 3.57. The Morgan fingerprint density at radius 3 is 2.78 bits per heavy atom. The summed E-state index contributed by atoms with van der Waals surface area (Å²) in [6.45, 7) is 1.94. The molecule has 0 radical (unpaired) electrons. The lowest BCUT2D eigenvalue weighted by Crippen LogP contribution is -2.33. The van der Waals surface area contributed by atoms with Crippen LogP contribution in [0.25, 0.3) is 0 Å². The maximum Gasteiger partial charge on any atom is 0.203 e. The zero-order valence-corrected chi connectivity index (χ0v) is 10.9. The van der Waals surface area contributed by atoms with Gasteiger partial charge in [0, 0.05) is 6.20 Å². The molecule has 0 fully saturated rings. The molecule has 0 saturated carbocycles. The first-order valence-electron chi connectivity index (χ1n) is 5.75. The first kappa shape index (κ1) is 12.7. The second-order valence-corrected chi connectivity index (χ2v) is 5.04. The number of thioether (sulfide) groups is 1. The molecule has 1 unspecified atom stereocenters. The lowest BCUT2D eigenvalue weighted by molar-refractivity contribution is -0.111. The summed E-state index contributed by atoms with van der Waals surface area (Å²) in [5.41, 5.74) is 6.78. The summed E-state index contributed by atoms with van der Waals surface area (Å²) in [4.78, 5) is 11.8. The zero-order valence-electron chi connectivity index (χ0n) is 10.1. The lowest BCUT2D eigenvalue weighted by atomic mass is 10.1. The summed E-state index contributed by atoms with van der Waals surface area (Å²) in [5.74, 6) is 0.681. The van der Waals surface area contributed by atoms with Crippen molar-refractivity contribution < 1.29 is 4.79 Å². The second kappa shape index (κ2) is 5.73. The molecule has 18 heavy (non-hydrogen) atoms. The fraction of sp³-hybridized carbons (Fsp3) is 0.231. The molecule has 0 spiro atoms. The van der Waals surface area contributed by atoms with Crippen LogP contribution in [0.5, 0.6) is 0 Å². The molecule has 2 N–H and O–H groups in total. The Morgan fingerprint density at radius 1 is 1.44 bits per heavy atom. The number of anilines is 1. The molecule has 1 aliphatic heterocycles. The van der Waals surface area contributed by atoms with E-state index >= 15 is 0 Å². The molecule has 1 atom stereocenters. The highest BCUT2D eigenvalue weighted by Crippen LogP contribution is 2.21. The number of carbonyl (C=O) groups excluding carboxylic acids is 1. The topological polar surface area (TPSA) is 58.7 Å². The average Bonchev–Trinajstić information content (AvgIpc) is 2.40. The number of nitrogens with zero attached hydrogens (tertiary/aromatic N) is 2. The molecule has 94 valence electrons. The standard InChI is InChI=1S/C13H15N3OS/c1-2-18-13(17)11-8-9-16(15-12(11)14)10-6-4-3-5-7-10/h3-9,11H,2H2,1H3,(H2,14,15). The molecule has 5 heteroatoms. The Hall–Kier alpha value is -1.75. The summed E-state index contributed by atoms with van der Waals surface area (Å²) >= 11 is 1.27. The largest absolute Gasteiger partial charge is 0.385 e. The van der Waals surface area contributed by atoms with E-state index < -0.39 is 5.92 Å². The smallest absolute Gasteiger partial charge is 0.203 e. The zero-order chi connectivity index (χ0) is 13.0. The Bertz CT molecular complexity index is 484. The van der Waals surface area contributed by atoms with Crippen LogP contribution in [0.2, 0.25) is 0 Å². The number of carbonyl (C=O) groups is 1. The highest BCUT2D eigenvalue weighted by molar-refractivity contribution is 8.13. The maximum atomic E-state index is 11.8. The van der Waals surface area contributed by atoms with Crippen molar-refractivity contribution in [2.24, 2.45) is 16.8 Å². The van der Waals surface area contributed by atoms with Crippen molar-refractivity contribution in [2.45, 2.75) is 6.92 Å². The van der Waals surface area contributed by atoms with Gasteiger partial charge in [-0.15, -0.1) is 0 Å². The van der Waals surface area contributed by atoms with E-state index in [1.54, 1.807) is 17.3 Å². The van der Waals surface area contributed by atoms with Crippen LogP contribution in [0.3, 0.4) is 0 Å². The predicted octanol–water partition coefficient (Wildman–Crippen LogP) is 2.19. The van der Waals surface area contributed by atoms with Crippen LogP contribution in [-0.4, -0.2) is 16.7 Å². The number of hydrogen-bond acceptors (Lipinski definition) is 5. The molecule has 1 aromatic carbocycles. The Morgan fingerprint density at radius 2 is 2.17 bits per heavy atom. The van der Waals surface area contributed by atoms with Gasteiger partial charge in [-0.05, 0) is 24.0 Å². The summed E-state index contributed by atoms with van der Waals surface area (Å²) in [5, 5.41) is 5.96. The molecular formula is C13H15N3OS. The average molecular weight is 261 g/mol. The number of benzene rings is 1. The van der Waals surface area contributed by atoms with Crippen molar-refractivity contribution in [1.29, 1.82) is 0 Å². The second-order valence-electron chi connectivity index (χ2n) is 3.78. The molecule has 1 aliphatic rings. The fourth-order valence-electron chi connectivity index (χ4n) is 1.64. The van der Waals surface area contributed by atoms with E-state index in [4.69, 9.17) is 5.73 Å². The van der Waals surface area contributed by atoms with Crippen LogP contribution < -0.4 is 10.7 Å². The number of hydrazone groups is 1. The number of amidine groups is 1. The van der Waals surface area contributed by atoms with Crippen LogP contribution in [0.15, 0.2) is 47.7 Å². The van der Waals surface area contributed by atoms with Gasteiger partial charge >= 0.3 is 0 Å². The Labute approximate surface area is 111 Å². The minimum absolute atomic E-state index is 0.0442. The van der Waals surface area contributed by atoms with Crippen LogP contribution in [0.4, 0.5) is 5.69 Å². The van der Waals surface area contributed by atoms with Gasteiger partial charge in [-0.25, -0.2) is 5.01 Å². The predicted molar refractivity (Wildman–Crippen MR) is 76.3 cm³/mol. The molecule has 0 bridgehead atoms. The molecule has 1 heterocycles. The van der Waals surface area contributed by atoms with Gasteiger partial charge in [0.05, 0.1) is 5.69 Å². The van der Waals surface area contributed by atoms with Crippen molar-refractivity contribution in [2.75, 3.05) is 10.8 Å². The maximum absolute atomic E-state index is 11.8. The van der Waals surface area contributed by atoms with Gasteiger partial charge in [-0.1, -0.05) is 36.9 Å². The Kier molecular flexibility index (Phi) is 4.04. The quantitative estimate of drug-likeness (QED) is 0.906. The van der Waals surface area contributed by atoms with Gasteiger partial charge in [0.2, 0.25) is 5.12 Å². The molecule has 0 aliphatic carbocycles. The lowest BCUT2D eigenvalue weighted by Gasteiger charge is -2.22. The molecule has 4 nitrogen and oxygen atoms in total. The van der Waals surface area contributed by atoms with Crippen LogP contribution >= 0.6 is 11.8 Å². The normalized spacial score (nSPS) is 18.6. The van der Waals surface area contributed by atoms with Gasteiger partial charge in [0.25, 0.3) is 0 Å². The van der Waals surface area contributed by atoms with E-state index in [0.29, 0.717) is 5.84 Å². The van der Waals surface area contributed by atoms with Crippen molar-refractivity contribution >= 4 is 28.4 Å². The van der Waals surface area contributed by atoms with Gasteiger partial charge in [0.15, 0.2) is 0 Å². The van der Waals surface area contributed by atoms with E-state index in [9.17, 15) is 4.79 Å². The van der Waals surface area contributed by atoms with Gasteiger partial charge in [0.1, 0.15) is 11.8 Å². The summed E-state index contributed by atoms with van der Waals surface area (Å²) < 4.78 is 0. The fourth-order valence-corrected chi connectivity index (χ4v) is 2.31. The Balaban J connectivity index is 2.14. The highest BCUT2D eigenvalue weighted by atomic mass is 32.2. The van der Waals surface area contributed by atoms with Crippen molar-refractivity contribution in [3.05, 3.63) is 42.6 Å². The SMILES string of the molecule is CCSC(=O)C1C=CN(c2ccccc2)N=C1N.